The third kappa shape index (κ3) is 1.62. The Balaban J connectivity index is 2.36. The highest BCUT2D eigenvalue weighted by molar-refractivity contribution is 5.82. The van der Waals surface area contributed by atoms with E-state index in [0.29, 0.717) is 11.5 Å². The molecule has 0 saturated carbocycles. The predicted octanol–water partition coefficient (Wildman–Crippen LogP) is 2.62. The standard InChI is InChI=1S/C14H14O3/c1-8-2-4-11-12(6-8)10-5-3-9(15)7-13(10)17-14(11)16/h3,5,7-8,15H,2,4,6H2,1H3/t8-/m1/s1. The lowest BCUT2D eigenvalue weighted by Crippen LogP contribution is -2.20. The van der Waals surface area contributed by atoms with Crippen LogP contribution in [0.15, 0.2) is 27.4 Å². The Morgan fingerprint density at radius 1 is 1.35 bits per heavy atom. The molecule has 0 amide bonds. The van der Waals surface area contributed by atoms with Crippen LogP contribution in [0, 0.1) is 5.92 Å². The summed E-state index contributed by atoms with van der Waals surface area (Å²) in [5.74, 6) is 0.728. The van der Waals surface area contributed by atoms with E-state index in [4.69, 9.17) is 4.42 Å². The van der Waals surface area contributed by atoms with Crippen LogP contribution in [0.4, 0.5) is 0 Å². The van der Waals surface area contributed by atoms with Gasteiger partial charge in [0.15, 0.2) is 0 Å². The Labute approximate surface area is 98.7 Å². The molecule has 1 heterocycles. The summed E-state index contributed by atoms with van der Waals surface area (Å²) in [7, 11) is 0. The lowest BCUT2D eigenvalue weighted by Gasteiger charge is -2.21. The van der Waals surface area contributed by atoms with Gasteiger partial charge >= 0.3 is 5.63 Å². The van der Waals surface area contributed by atoms with Crippen LogP contribution in [0.1, 0.15) is 24.5 Å². The van der Waals surface area contributed by atoms with Crippen LogP contribution in [-0.2, 0) is 12.8 Å². The highest BCUT2D eigenvalue weighted by atomic mass is 16.4. The van der Waals surface area contributed by atoms with Gasteiger partial charge in [0.05, 0.1) is 0 Å². The lowest BCUT2D eigenvalue weighted by atomic mass is 9.84. The Hall–Kier alpha value is -1.77. The normalized spacial score (nSPS) is 19.2. The summed E-state index contributed by atoms with van der Waals surface area (Å²) < 4.78 is 5.26. The molecule has 0 bridgehead atoms. The van der Waals surface area contributed by atoms with Gasteiger partial charge in [0.2, 0.25) is 0 Å². The molecule has 2 aromatic rings. The number of phenols is 1. The van der Waals surface area contributed by atoms with E-state index < -0.39 is 0 Å². The minimum absolute atomic E-state index is 0.129. The van der Waals surface area contributed by atoms with Crippen LogP contribution in [0.3, 0.4) is 0 Å². The third-order valence-corrected chi connectivity index (χ3v) is 3.54. The third-order valence-electron chi connectivity index (χ3n) is 3.54. The molecular weight excluding hydrogens is 216 g/mol. The second kappa shape index (κ2) is 3.62. The van der Waals surface area contributed by atoms with Gasteiger partial charge in [-0.15, -0.1) is 0 Å². The molecule has 3 nitrogen and oxygen atoms in total. The van der Waals surface area contributed by atoms with Crippen molar-refractivity contribution in [2.45, 2.75) is 26.2 Å². The Morgan fingerprint density at radius 3 is 3.00 bits per heavy atom. The first-order chi connectivity index (χ1) is 8.15. The highest BCUT2D eigenvalue weighted by Crippen LogP contribution is 2.30. The maximum Gasteiger partial charge on any atom is 0.339 e. The van der Waals surface area contributed by atoms with Crippen LogP contribution < -0.4 is 5.63 Å². The van der Waals surface area contributed by atoms with Crippen LogP contribution in [0.25, 0.3) is 11.0 Å². The first-order valence-electron chi connectivity index (χ1n) is 5.92. The van der Waals surface area contributed by atoms with E-state index in [1.165, 1.54) is 6.07 Å². The summed E-state index contributed by atoms with van der Waals surface area (Å²) in [6.07, 6.45) is 2.76. The van der Waals surface area contributed by atoms with E-state index in [1.807, 2.05) is 6.07 Å². The molecule has 0 saturated heterocycles. The molecule has 1 aromatic heterocycles. The monoisotopic (exact) mass is 230 g/mol. The molecule has 3 heteroatoms. The smallest absolute Gasteiger partial charge is 0.339 e. The number of fused-ring (bicyclic) bond motifs is 3. The van der Waals surface area contributed by atoms with Crippen LogP contribution >= 0.6 is 0 Å². The molecular formula is C14H14O3. The quantitative estimate of drug-likeness (QED) is 0.708. The molecule has 1 aliphatic carbocycles. The van der Waals surface area contributed by atoms with Crippen molar-refractivity contribution < 1.29 is 9.52 Å². The maximum absolute atomic E-state index is 11.8. The summed E-state index contributed by atoms with van der Waals surface area (Å²) in [4.78, 5) is 11.8. The van der Waals surface area contributed by atoms with Crippen molar-refractivity contribution in [1.82, 2.24) is 0 Å². The number of rotatable bonds is 0. The lowest BCUT2D eigenvalue weighted by molar-refractivity contribution is 0.465. The van der Waals surface area contributed by atoms with Gasteiger partial charge in [-0.25, -0.2) is 4.79 Å². The second-order valence-corrected chi connectivity index (χ2v) is 4.88. The summed E-state index contributed by atoms with van der Waals surface area (Å²) in [6.45, 7) is 2.20. The van der Waals surface area contributed by atoms with Crippen molar-refractivity contribution in [3.05, 3.63) is 39.7 Å². The zero-order chi connectivity index (χ0) is 12.0. The summed E-state index contributed by atoms with van der Waals surface area (Å²) in [5.41, 5.74) is 2.17. The molecule has 1 atom stereocenters. The van der Waals surface area contributed by atoms with Gasteiger partial charge in [-0.1, -0.05) is 6.92 Å². The zero-order valence-electron chi connectivity index (χ0n) is 9.69. The number of hydrogen-bond acceptors (Lipinski definition) is 3. The van der Waals surface area contributed by atoms with Gasteiger partial charge in [-0.3, -0.25) is 0 Å². The maximum atomic E-state index is 11.8. The summed E-state index contributed by atoms with van der Waals surface area (Å²) in [6, 6.07) is 4.99. The molecule has 0 spiro atoms. The molecule has 88 valence electrons. The zero-order valence-corrected chi connectivity index (χ0v) is 9.69. The van der Waals surface area contributed by atoms with E-state index in [9.17, 15) is 9.90 Å². The van der Waals surface area contributed by atoms with E-state index in [2.05, 4.69) is 6.92 Å². The van der Waals surface area contributed by atoms with Crippen LogP contribution in [0.5, 0.6) is 5.75 Å². The van der Waals surface area contributed by atoms with Gasteiger partial charge in [0.25, 0.3) is 0 Å². The fraction of sp³-hybridized carbons (Fsp3) is 0.357. The Kier molecular flexibility index (Phi) is 2.21. The number of aromatic hydroxyl groups is 1. The van der Waals surface area contributed by atoms with Gasteiger partial charge < -0.3 is 9.52 Å². The number of hydrogen-bond donors (Lipinski definition) is 1. The van der Waals surface area contributed by atoms with Crippen LogP contribution in [0.2, 0.25) is 0 Å². The first-order valence-corrected chi connectivity index (χ1v) is 5.92. The molecule has 17 heavy (non-hydrogen) atoms. The van der Waals surface area contributed by atoms with Crippen molar-refractivity contribution in [2.75, 3.05) is 0 Å². The van der Waals surface area contributed by atoms with E-state index in [-0.39, 0.29) is 11.4 Å². The van der Waals surface area contributed by atoms with Crippen molar-refractivity contribution in [3.8, 4) is 5.75 Å². The molecule has 0 fully saturated rings. The average molecular weight is 230 g/mol. The second-order valence-electron chi connectivity index (χ2n) is 4.88. The first kappa shape index (κ1) is 10.4. The topological polar surface area (TPSA) is 50.4 Å². The number of benzene rings is 1. The van der Waals surface area contributed by atoms with Crippen LogP contribution in [-0.4, -0.2) is 5.11 Å². The van der Waals surface area contributed by atoms with E-state index in [0.717, 1.165) is 35.8 Å². The Morgan fingerprint density at radius 2 is 2.18 bits per heavy atom. The molecule has 1 aromatic carbocycles. The van der Waals surface area contributed by atoms with Gasteiger partial charge in [0.1, 0.15) is 11.3 Å². The largest absolute Gasteiger partial charge is 0.508 e. The minimum atomic E-state index is -0.245. The van der Waals surface area contributed by atoms with Gasteiger partial charge in [-0.2, -0.15) is 0 Å². The van der Waals surface area contributed by atoms with Gasteiger partial charge in [-0.05, 0) is 42.9 Å². The molecule has 0 aliphatic heterocycles. The van der Waals surface area contributed by atoms with E-state index in [1.54, 1.807) is 6.07 Å². The fourth-order valence-corrected chi connectivity index (χ4v) is 2.62. The predicted molar refractivity (Wildman–Crippen MR) is 65.3 cm³/mol. The number of phenolic OH excluding ortho intramolecular Hbond substituents is 1. The SMILES string of the molecule is C[C@@H]1CCc2c(c3ccc(O)cc3oc2=O)C1. The van der Waals surface area contributed by atoms with Gasteiger partial charge in [0, 0.05) is 17.0 Å². The summed E-state index contributed by atoms with van der Waals surface area (Å²) in [5, 5.41) is 10.4. The minimum Gasteiger partial charge on any atom is -0.508 e. The molecule has 3 rings (SSSR count). The highest BCUT2D eigenvalue weighted by Gasteiger charge is 2.21. The fourth-order valence-electron chi connectivity index (χ4n) is 2.62. The molecule has 0 radical (unpaired) electrons. The molecule has 0 unspecified atom stereocenters. The molecule has 1 N–H and O–H groups in total. The average Bonchev–Trinajstić information content (AvgIpc) is 2.28. The van der Waals surface area contributed by atoms with Crippen molar-refractivity contribution >= 4 is 11.0 Å². The summed E-state index contributed by atoms with van der Waals surface area (Å²) >= 11 is 0. The van der Waals surface area contributed by atoms with Crippen molar-refractivity contribution in [3.63, 3.8) is 0 Å². The van der Waals surface area contributed by atoms with Crippen molar-refractivity contribution in [2.24, 2.45) is 5.92 Å². The Bertz CT molecular complexity index is 640. The molecule has 1 aliphatic rings. The van der Waals surface area contributed by atoms with Crippen molar-refractivity contribution in [1.29, 1.82) is 0 Å². The van der Waals surface area contributed by atoms with E-state index >= 15 is 0 Å².